The Morgan fingerprint density at radius 2 is 0.474 bits per heavy atom. The van der Waals surface area contributed by atoms with Gasteiger partial charge in [0.2, 0.25) is 0 Å². The molecule has 0 radical (unpaired) electrons. The predicted octanol–water partition coefficient (Wildman–Crippen LogP) is 14.9. The summed E-state index contributed by atoms with van der Waals surface area (Å²) in [7, 11) is 0. The Hall–Kier alpha value is -3.52. The Balaban J connectivity index is 2.10. The summed E-state index contributed by atoms with van der Waals surface area (Å²) in [6, 6.07) is 14.0. The Morgan fingerprint density at radius 3 is 0.649 bits per heavy atom. The van der Waals surface area contributed by atoms with Gasteiger partial charge in [-0.15, -0.1) is 0 Å². The fraction of sp³-hybridized carbons (Fsp3) is 0.564. The monoisotopic (exact) mass is 773 g/mol. The van der Waals surface area contributed by atoms with Crippen LogP contribution in [0.2, 0.25) is 0 Å². The number of hydrogen-bond acceptors (Lipinski definition) is 2. The van der Waals surface area contributed by atoms with Crippen molar-refractivity contribution >= 4 is 0 Å². The summed E-state index contributed by atoms with van der Waals surface area (Å²) in [4.78, 5) is 0. The number of rotatable bonds is 6. The van der Waals surface area contributed by atoms with E-state index in [9.17, 15) is 10.2 Å². The summed E-state index contributed by atoms with van der Waals surface area (Å²) in [5, 5.41) is 23.3. The molecule has 0 aliphatic carbocycles. The van der Waals surface area contributed by atoms with Crippen molar-refractivity contribution in [1.82, 2.24) is 0 Å². The molecule has 0 heterocycles. The number of benzene rings is 4. The summed E-state index contributed by atoms with van der Waals surface area (Å²) >= 11 is 0. The van der Waals surface area contributed by atoms with Crippen molar-refractivity contribution in [2.45, 2.75) is 204 Å². The molecule has 0 atom stereocenters. The Morgan fingerprint density at radius 1 is 0.298 bits per heavy atom. The van der Waals surface area contributed by atoms with Crippen LogP contribution in [-0.2, 0) is 51.8 Å². The SMILES string of the molecule is Cc1c(C(C)(C)C)cc(Cc2c(C)c(Cc3cc(C(C)(C)C)c(O)c(C(C)(C)C)c3)c(C)c(Cc3cc(C(C)(C)C)c(O)c(C(C)(C)C)c3)c2C)cc1C(C)(C)C. The van der Waals surface area contributed by atoms with Crippen molar-refractivity contribution in [3.05, 3.63) is 125 Å². The Labute approximate surface area is 350 Å². The minimum absolute atomic E-state index is 0.0244. The van der Waals surface area contributed by atoms with E-state index in [1.54, 1.807) is 0 Å². The van der Waals surface area contributed by atoms with Crippen LogP contribution in [0.4, 0.5) is 0 Å². The number of hydrogen-bond donors (Lipinski definition) is 2. The molecule has 2 N–H and O–H groups in total. The highest BCUT2D eigenvalue weighted by molar-refractivity contribution is 5.59. The minimum Gasteiger partial charge on any atom is -0.507 e. The molecule has 0 fully saturated rings. The maximum atomic E-state index is 11.7. The first kappa shape index (κ1) is 46.2. The molecule has 4 aromatic carbocycles. The normalized spacial score (nSPS) is 13.4. The van der Waals surface area contributed by atoms with Crippen LogP contribution in [0.3, 0.4) is 0 Å². The van der Waals surface area contributed by atoms with Gasteiger partial charge in [0.15, 0.2) is 0 Å². The van der Waals surface area contributed by atoms with Crippen LogP contribution in [0.5, 0.6) is 11.5 Å². The lowest BCUT2D eigenvalue weighted by atomic mass is 9.74. The first-order chi connectivity index (χ1) is 25.5. The highest BCUT2D eigenvalue weighted by Crippen LogP contribution is 2.44. The highest BCUT2D eigenvalue weighted by Gasteiger charge is 2.30. The average Bonchev–Trinajstić information content (AvgIpc) is 3.02. The highest BCUT2D eigenvalue weighted by atomic mass is 16.3. The van der Waals surface area contributed by atoms with Gasteiger partial charge in [0.1, 0.15) is 11.5 Å². The van der Waals surface area contributed by atoms with Gasteiger partial charge < -0.3 is 10.2 Å². The second-order valence-electron chi connectivity index (χ2n) is 23.7. The molecule has 57 heavy (non-hydrogen) atoms. The molecule has 0 saturated carbocycles. The molecule has 2 heteroatoms. The van der Waals surface area contributed by atoms with E-state index in [2.05, 4.69) is 189 Å². The van der Waals surface area contributed by atoms with Gasteiger partial charge in [0.25, 0.3) is 0 Å². The summed E-state index contributed by atoms with van der Waals surface area (Å²) in [6.45, 7) is 49.8. The fourth-order valence-corrected chi connectivity index (χ4v) is 9.11. The van der Waals surface area contributed by atoms with Crippen LogP contribution >= 0.6 is 0 Å². The van der Waals surface area contributed by atoms with Gasteiger partial charge in [-0.3, -0.25) is 0 Å². The summed E-state index contributed by atoms with van der Waals surface area (Å²) in [5.41, 5.74) is 19.6. The van der Waals surface area contributed by atoms with Crippen molar-refractivity contribution in [2.24, 2.45) is 0 Å². The molecule has 312 valence electrons. The van der Waals surface area contributed by atoms with E-state index >= 15 is 0 Å². The van der Waals surface area contributed by atoms with Crippen molar-refractivity contribution < 1.29 is 10.2 Å². The second kappa shape index (κ2) is 15.3. The van der Waals surface area contributed by atoms with Crippen LogP contribution in [-0.4, -0.2) is 10.2 Å². The van der Waals surface area contributed by atoms with Gasteiger partial charge in [-0.25, -0.2) is 0 Å². The lowest BCUT2D eigenvalue weighted by molar-refractivity contribution is 0.422. The molecule has 4 rings (SSSR count). The van der Waals surface area contributed by atoms with E-state index in [0.29, 0.717) is 11.5 Å². The smallest absolute Gasteiger partial charge is 0.123 e. The molecular weight excluding hydrogens is 693 g/mol. The van der Waals surface area contributed by atoms with Gasteiger partial charge in [0.05, 0.1) is 0 Å². The first-order valence-corrected chi connectivity index (χ1v) is 21.5. The van der Waals surface area contributed by atoms with E-state index < -0.39 is 0 Å². The minimum atomic E-state index is -0.205. The first-order valence-electron chi connectivity index (χ1n) is 21.5. The third-order valence-corrected chi connectivity index (χ3v) is 12.5. The standard InChI is InChI=1S/C55H80O2/c1-32-39(23-36-26-42(50(5,6)7)35(4)43(27-36)51(8,9)10)33(2)41(25-38-30-46(54(17,18)19)49(57)47(31-38)55(20,21)22)34(3)40(32)24-37-28-44(52(11,12)13)48(56)45(29-37)53(14,15)16/h26-31,56-57H,23-25H2,1-22H3. The number of phenols is 2. The topological polar surface area (TPSA) is 40.5 Å². The largest absolute Gasteiger partial charge is 0.507 e. The summed E-state index contributed by atoms with van der Waals surface area (Å²) in [5.74, 6) is 0.857. The van der Waals surface area contributed by atoms with E-state index in [1.165, 1.54) is 66.8 Å². The van der Waals surface area contributed by atoms with Gasteiger partial charge in [-0.1, -0.05) is 161 Å². The molecule has 0 aromatic heterocycles. The van der Waals surface area contributed by atoms with E-state index in [1.807, 2.05) is 0 Å². The van der Waals surface area contributed by atoms with Crippen LogP contribution in [0.25, 0.3) is 0 Å². The van der Waals surface area contributed by atoms with Crippen LogP contribution < -0.4 is 0 Å². The van der Waals surface area contributed by atoms with Crippen molar-refractivity contribution in [3.63, 3.8) is 0 Å². The average molecular weight is 773 g/mol. The van der Waals surface area contributed by atoms with Gasteiger partial charge in [0, 0.05) is 0 Å². The lowest BCUT2D eigenvalue weighted by Gasteiger charge is -2.31. The molecule has 4 aromatic rings. The van der Waals surface area contributed by atoms with Gasteiger partial charge >= 0.3 is 0 Å². The molecule has 0 bridgehead atoms. The lowest BCUT2D eigenvalue weighted by Crippen LogP contribution is -2.20. The molecule has 0 unspecified atom stereocenters. The van der Waals surface area contributed by atoms with Crippen molar-refractivity contribution in [1.29, 1.82) is 0 Å². The Kier molecular flexibility index (Phi) is 12.4. The molecule has 0 aliphatic heterocycles. The number of phenolic OH excluding ortho intramolecular Hbond substituents is 2. The van der Waals surface area contributed by atoms with E-state index in [4.69, 9.17) is 0 Å². The zero-order valence-electron chi connectivity index (χ0n) is 40.5. The molecule has 0 spiro atoms. The quantitative estimate of drug-likeness (QED) is 0.205. The van der Waals surface area contributed by atoms with Crippen LogP contribution in [0, 0.1) is 27.7 Å². The molecule has 0 amide bonds. The van der Waals surface area contributed by atoms with Crippen molar-refractivity contribution in [3.8, 4) is 11.5 Å². The van der Waals surface area contributed by atoms with Crippen LogP contribution in [0.1, 0.15) is 214 Å². The third kappa shape index (κ3) is 9.86. The predicted molar refractivity (Wildman–Crippen MR) is 249 cm³/mol. The zero-order chi connectivity index (χ0) is 43.8. The van der Waals surface area contributed by atoms with Crippen LogP contribution in [0.15, 0.2) is 36.4 Å². The second-order valence-corrected chi connectivity index (χ2v) is 23.7. The summed E-state index contributed by atoms with van der Waals surface area (Å²) in [6.07, 6.45) is 2.43. The number of aromatic hydroxyl groups is 2. The Bertz CT molecular complexity index is 1770. The molecule has 0 aliphatic rings. The van der Waals surface area contributed by atoms with Gasteiger partial charge in [-0.2, -0.15) is 0 Å². The van der Waals surface area contributed by atoms with Crippen molar-refractivity contribution in [2.75, 3.05) is 0 Å². The zero-order valence-corrected chi connectivity index (χ0v) is 40.5. The fourth-order valence-electron chi connectivity index (χ4n) is 9.11. The maximum absolute atomic E-state index is 11.7. The summed E-state index contributed by atoms with van der Waals surface area (Å²) < 4.78 is 0. The molecular formula is C55H80O2. The maximum Gasteiger partial charge on any atom is 0.123 e. The third-order valence-electron chi connectivity index (χ3n) is 12.5. The molecule has 2 nitrogen and oxygen atoms in total. The van der Waals surface area contributed by atoms with E-state index in [-0.39, 0.29) is 32.5 Å². The van der Waals surface area contributed by atoms with E-state index in [0.717, 1.165) is 41.5 Å². The molecule has 0 saturated heterocycles. The van der Waals surface area contributed by atoms with Gasteiger partial charge in [-0.05, 0) is 168 Å².